The molecule has 1 heterocycles. The molecule has 0 aliphatic carbocycles. The molecule has 0 aliphatic heterocycles. The molecule has 124 valence electrons. The summed E-state index contributed by atoms with van der Waals surface area (Å²) in [7, 11) is 0. The minimum atomic E-state index is 0.0616. The molecule has 0 saturated carbocycles. The van der Waals surface area contributed by atoms with Crippen LogP contribution in [0.1, 0.15) is 60.7 Å². The molecule has 0 N–H and O–H groups in total. The third kappa shape index (κ3) is 2.86. The summed E-state index contributed by atoms with van der Waals surface area (Å²) in [5, 5.41) is 2.11. The van der Waals surface area contributed by atoms with Crippen LogP contribution in [0, 0.1) is 0 Å². The monoisotopic (exact) mass is 321 g/mol. The summed E-state index contributed by atoms with van der Waals surface area (Å²) < 4.78 is 2.31. The first-order valence-corrected chi connectivity index (χ1v) is 8.60. The van der Waals surface area contributed by atoms with Gasteiger partial charge in [-0.25, -0.2) is 0 Å². The SMILES string of the molecule is CCCCCn1c2ccc(C(C)=O)cc2c2cc(C(C)=O)ccc21. The highest BCUT2D eigenvalue weighted by Crippen LogP contribution is 2.31. The van der Waals surface area contributed by atoms with Crippen LogP contribution in [-0.4, -0.2) is 16.1 Å². The summed E-state index contributed by atoms with van der Waals surface area (Å²) in [5.41, 5.74) is 3.69. The molecule has 0 bridgehead atoms. The zero-order chi connectivity index (χ0) is 17.3. The first-order valence-electron chi connectivity index (χ1n) is 8.60. The van der Waals surface area contributed by atoms with Crippen molar-refractivity contribution >= 4 is 33.4 Å². The van der Waals surface area contributed by atoms with Gasteiger partial charge in [0.2, 0.25) is 0 Å². The van der Waals surface area contributed by atoms with Crippen LogP contribution in [0.3, 0.4) is 0 Å². The molecule has 0 radical (unpaired) electrons. The average molecular weight is 321 g/mol. The Hall–Kier alpha value is -2.42. The van der Waals surface area contributed by atoms with Crippen molar-refractivity contribution in [2.24, 2.45) is 0 Å². The second-order valence-corrected chi connectivity index (χ2v) is 6.43. The number of unbranched alkanes of at least 4 members (excludes halogenated alkanes) is 2. The van der Waals surface area contributed by atoms with Crippen LogP contribution >= 0.6 is 0 Å². The maximum atomic E-state index is 11.8. The standard InChI is InChI=1S/C21H23NO2/c1-4-5-6-11-22-20-9-7-16(14(2)23)12-18(20)19-13-17(15(3)24)8-10-21(19)22/h7-10,12-13H,4-6,11H2,1-3H3. The Labute approximate surface area is 142 Å². The Kier molecular flexibility index (Phi) is 4.52. The van der Waals surface area contributed by atoms with E-state index >= 15 is 0 Å². The lowest BCUT2D eigenvalue weighted by molar-refractivity contribution is 0.100. The number of hydrogen-bond acceptors (Lipinski definition) is 2. The molecule has 0 saturated heterocycles. The fourth-order valence-corrected chi connectivity index (χ4v) is 3.30. The molecule has 2 aromatic carbocycles. The summed E-state index contributed by atoms with van der Waals surface area (Å²) in [6.45, 7) is 6.32. The van der Waals surface area contributed by atoms with Gasteiger partial charge in [0.25, 0.3) is 0 Å². The predicted octanol–water partition coefficient (Wildman–Crippen LogP) is 5.39. The summed E-state index contributed by atoms with van der Waals surface area (Å²) >= 11 is 0. The Morgan fingerprint density at radius 1 is 0.833 bits per heavy atom. The first-order chi connectivity index (χ1) is 11.5. The number of rotatable bonds is 6. The van der Waals surface area contributed by atoms with Crippen LogP contribution < -0.4 is 0 Å². The molecule has 3 aromatic rings. The number of aryl methyl sites for hydroxylation is 1. The van der Waals surface area contributed by atoms with E-state index in [0.29, 0.717) is 11.1 Å². The number of nitrogens with zero attached hydrogens (tertiary/aromatic N) is 1. The van der Waals surface area contributed by atoms with Crippen molar-refractivity contribution < 1.29 is 9.59 Å². The molecule has 0 unspecified atom stereocenters. The van der Waals surface area contributed by atoms with E-state index < -0.39 is 0 Å². The van der Waals surface area contributed by atoms with Crippen LogP contribution in [0.4, 0.5) is 0 Å². The van der Waals surface area contributed by atoms with Crippen LogP contribution in [-0.2, 0) is 6.54 Å². The van der Waals surface area contributed by atoms with Gasteiger partial charge in [0.15, 0.2) is 11.6 Å². The molecule has 0 fully saturated rings. The number of carbonyl (C=O) groups excluding carboxylic acids is 2. The van der Waals surface area contributed by atoms with Gasteiger partial charge in [-0.2, -0.15) is 0 Å². The van der Waals surface area contributed by atoms with Crippen molar-refractivity contribution in [3.63, 3.8) is 0 Å². The van der Waals surface area contributed by atoms with Crippen LogP contribution in [0.25, 0.3) is 21.8 Å². The number of aromatic nitrogens is 1. The van der Waals surface area contributed by atoms with Gasteiger partial charge < -0.3 is 4.57 Å². The van der Waals surface area contributed by atoms with E-state index in [1.54, 1.807) is 13.8 Å². The second-order valence-electron chi connectivity index (χ2n) is 6.43. The van der Waals surface area contributed by atoms with Crippen molar-refractivity contribution in [1.29, 1.82) is 0 Å². The minimum absolute atomic E-state index is 0.0616. The summed E-state index contributed by atoms with van der Waals surface area (Å²) in [6, 6.07) is 11.8. The molecular formula is C21H23NO2. The first kappa shape index (κ1) is 16.4. The Morgan fingerprint density at radius 3 is 1.75 bits per heavy atom. The van der Waals surface area contributed by atoms with Crippen molar-refractivity contribution in [1.82, 2.24) is 4.57 Å². The summed E-state index contributed by atoms with van der Waals surface area (Å²) in [4.78, 5) is 23.5. The van der Waals surface area contributed by atoms with Crippen molar-refractivity contribution in [3.8, 4) is 0 Å². The fourth-order valence-electron chi connectivity index (χ4n) is 3.30. The average Bonchev–Trinajstić information content (AvgIpc) is 2.88. The normalized spacial score (nSPS) is 11.3. The number of benzene rings is 2. The number of Topliss-reactive ketones (excluding diaryl/α,β-unsaturated/α-hetero) is 2. The lowest BCUT2D eigenvalue weighted by Gasteiger charge is -2.07. The van der Waals surface area contributed by atoms with E-state index in [2.05, 4.69) is 11.5 Å². The molecule has 1 aromatic heterocycles. The smallest absolute Gasteiger partial charge is 0.159 e. The zero-order valence-electron chi connectivity index (χ0n) is 14.6. The minimum Gasteiger partial charge on any atom is -0.340 e. The number of fused-ring (bicyclic) bond motifs is 3. The highest BCUT2D eigenvalue weighted by atomic mass is 16.1. The predicted molar refractivity (Wildman–Crippen MR) is 99.0 cm³/mol. The molecule has 0 amide bonds. The van der Waals surface area contributed by atoms with Crippen LogP contribution in [0.5, 0.6) is 0 Å². The molecule has 3 heteroatoms. The van der Waals surface area contributed by atoms with Gasteiger partial charge in [0.1, 0.15) is 0 Å². The van der Waals surface area contributed by atoms with E-state index in [1.165, 1.54) is 12.8 Å². The molecular weight excluding hydrogens is 298 g/mol. The second kappa shape index (κ2) is 6.60. The third-order valence-corrected chi connectivity index (χ3v) is 4.66. The Bertz CT molecular complexity index is 863. The van der Waals surface area contributed by atoms with E-state index in [-0.39, 0.29) is 11.6 Å². The van der Waals surface area contributed by atoms with Gasteiger partial charge >= 0.3 is 0 Å². The van der Waals surface area contributed by atoms with Crippen LogP contribution in [0.15, 0.2) is 36.4 Å². The van der Waals surface area contributed by atoms with Gasteiger partial charge in [-0.15, -0.1) is 0 Å². The maximum Gasteiger partial charge on any atom is 0.159 e. The largest absolute Gasteiger partial charge is 0.340 e. The number of ketones is 2. The summed E-state index contributed by atoms with van der Waals surface area (Å²) in [5.74, 6) is 0.123. The van der Waals surface area contributed by atoms with Crippen molar-refractivity contribution in [3.05, 3.63) is 47.5 Å². The molecule has 3 rings (SSSR count). The van der Waals surface area contributed by atoms with Gasteiger partial charge in [0.05, 0.1) is 0 Å². The Balaban J connectivity index is 2.27. The van der Waals surface area contributed by atoms with Gasteiger partial charge in [-0.05, 0) is 56.7 Å². The molecule has 0 atom stereocenters. The maximum absolute atomic E-state index is 11.8. The topological polar surface area (TPSA) is 39.1 Å². The lowest BCUT2D eigenvalue weighted by atomic mass is 10.0. The lowest BCUT2D eigenvalue weighted by Crippen LogP contribution is -1.98. The third-order valence-electron chi connectivity index (χ3n) is 4.66. The van der Waals surface area contributed by atoms with Crippen molar-refractivity contribution in [2.45, 2.75) is 46.6 Å². The van der Waals surface area contributed by atoms with Gasteiger partial charge in [0, 0.05) is 39.5 Å². The van der Waals surface area contributed by atoms with E-state index in [1.807, 2.05) is 36.4 Å². The quantitative estimate of drug-likeness (QED) is 0.451. The molecule has 0 spiro atoms. The van der Waals surface area contributed by atoms with Gasteiger partial charge in [-0.3, -0.25) is 9.59 Å². The Morgan fingerprint density at radius 2 is 1.33 bits per heavy atom. The van der Waals surface area contributed by atoms with Crippen LogP contribution in [0.2, 0.25) is 0 Å². The van der Waals surface area contributed by atoms with E-state index in [4.69, 9.17) is 0 Å². The van der Waals surface area contributed by atoms with E-state index in [9.17, 15) is 9.59 Å². The summed E-state index contributed by atoms with van der Waals surface area (Å²) in [6.07, 6.45) is 3.50. The zero-order valence-corrected chi connectivity index (χ0v) is 14.6. The number of carbonyl (C=O) groups is 2. The van der Waals surface area contributed by atoms with Gasteiger partial charge in [-0.1, -0.05) is 19.8 Å². The molecule has 3 nitrogen and oxygen atoms in total. The molecule has 24 heavy (non-hydrogen) atoms. The number of hydrogen-bond donors (Lipinski definition) is 0. The van der Waals surface area contributed by atoms with Crippen molar-refractivity contribution in [2.75, 3.05) is 0 Å². The highest BCUT2D eigenvalue weighted by Gasteiger charge is 2.13. The van der Waals surface area contributed by atoms with E-state index in [0.717, 1.165) is 34.8 Å². The highest BCUT2D eigenvalue weighted by molar-refractivity contribution is 6.12. The molecule has 0 aliphatic rings. The fraction of sp³-hybridized carbons (Fsp3) is 0.333.